The normalized spacial score (nSPS) is 13.9. The van der Waals surface area contributed by atoms with Crippen molar-refractivity contribution in [3.05, 3.63) is 45.8 Å². The van der Waals surface area contributed by atoms with E-state index >= 15 is 0 Å². The van der Waals surface area contributed by atoms with Gasteiger partial charge in [0.25, 0.3) is 5.91 Å². The van der Waals surface area contributed by atoms with Crippen LogP contribution in [0.5, 0.6) is 0 Å². The Hall–Kier alpha value is -2.67. The topological polar surface area (TPSA) is 75.7 Å². The number of aryl methyl sites for hydroxylation is 1. The summed E-state index contributed by atoms with van der Waals surface area (Å²) in [5.41, 5.74) is 3.04. The van der Waals surface area contributed by atoms with Crippen LogP contribution < -0.4 is 10.2 Å². The lowest BCUT2D eigenvalue weighted by Gasteiger charge is -2.22. The number of benzene rings is 1. The second kappa shape index (κ2) is 7.52. The first-order chi connectivity index (χ1) is 12.8. The predicted octanol–water partition coefficient (Wildman–Crippen LogP) is 3.46. The molecule has 2 amide bonds. The number of nitrogens with zero attached hydrogens (tertiary/aromatic N) is 1. The molecule has 0 saturated heterocycles. The van der Waals surface area contributed by atoms with Crippen molar-refractivity contribution in [2.45, 2.75) is 40.2 Å². The molecular weight excluding hydrogens is 364 g/mol. The standard InChI is InChI=1S/C20H22N2O4S/c1-11-13(3)27-18(21-14(4)23)17(11)20(25)26-12(2)19(24)22-10-9-15-7-5-6-8-16(15)22/h5-8,12H,9-10H2,1-4H3,(H,21,23)/t12-/m1/s1. The summed E-state index contributed by atoms with van der Waals surface area (Å²) in [6.07, 6.45) is -0.133. The molecule has 1 atom stereocenters. The summed E-state index contributed by atoms with van der Waals surface area (Å²) in [5.74, 6) is -1.11. The van der Waals surface area contributed by atoms with Gasteiger partial charge in [-0.25, -0.2) is 4.79 Å². The average molecular weight is 386 g/mol. The number of esters is 1. The molecule has 0 radical (unpaired) electrons. The van der Waals surface area contributed by atoms with E-state index in [9.17, 15) is 14.4 Å². The van der Waals surface area contributed by atoms with Gasteiger partial charge < -0.3 is 15.0 Å². The average Bonchev–Trinajstić information content (AvgIpc) is 3.15. The zero-order valence-corrected chi connectivity index (χ0v) is 16.6. The number of hydrogen-bond acceptors (Lipinski definition) is 5. The summed E-state index contributed by atoms with van der Waals surface area (Å²) in [6, 6.07) is 7.73. The first-order valence-corrected chi connectivity index (χ1v) is 9.59. The minimum atomic E-state index is -0.923. The maximum Gasteiger partial charge on any atom is 0.342 e. The molecule has 1 aromatic carbocycles. The zero-order valence-electron chi connectivity index (χ0n) is 15.8. The van der Waals surface area contributed by atoms with Crippen LogP contribution in [0.15, 0.2) is 24.3 Å². The van der Waals surface area contributed by atoms with Gasteiger partial charge in [-0.3, -0.25) is 9.59 Å². The van der Waals surface area contributed by atoms with Crippen LogP contribution in [0.25, 0.3) is 0 Å². The fraction of sp³-hybridized carbons (Fsp3) is 0.350. The molecule has 142 valence electrons. The summed E-state index contributed by atoms with van der Waals surface area (Å²) in [7, 11) is 0. The molecule has 1 aromatic heterocycles. The van der Waals surface area contributed by atoms with E-state index in [2.05, 4.69) is 5.32 Å². The number of carbonyl (C=O) groups excluding carboxylic acids is 3. The van der Waals surface area contributed by atoms with Crippen molar-refractivity contribution in [2.75, 3.05) is 16.8 Å². The number of fused-ring (bicyclic) bond motifs is 1. The molecule has 0 bridgehead atoms. The fourth-order valence-corrected chi connectivity index (χ4v) is 4.27. The molecule has 2 heterocycles. The first kappa shape index (κ1) is 19.1. The Labute approximate surface area is 162 Å². The van der Waals surface area contributed by atoms with Gasteiger partial charge in [-0.15, -0.1) is 11.3 Å². The monoisotopic (exact) mass is 386 g/mol. The molecule has 1 aliphatic heterocycles. The van der Waals surface area contributed by atoms with Gasteiger partial charge in [0.15, 0.2) is 6.10 Å². The van der Waals surface area contributed by atoms with E-state index in [1.165, 1.54) is 18.3 Å². The number of nitrogens with one attached hydrogen (secondary N) is 1. The minimum absolute atomic E-state index is 0.251. The van der Waals surface area contributed by atoms with Crippen LogP contribution in [0.2, 0.25) is 0 Å². The van der Waals surface area contributed by atoms with Gasteiger partial charge >= 0.3 is 5.97 Å². The number of ether oxygens (including phenoxy) is 1. The summed E-state index contributed by atoms with van der Waals surface area (Å²) in [5, 5.41) is 3.12. The summed E-state index contributed by atoms with van der Waals surface area (Å²) in [4.78, 5) is 39.5. The predicted molar refractivity (Wildman–Crippen MR) is 105 cm³/mol. The van der Waals surface area contributed by atoms with Crippen molar-refractivity contribution in [1.82, 2.24) is 0 Å². The third-order valence-corrected chi connectivity index (χ3v) is 5.79. The van der Waals surface area contributed by atoms with Crippen LogP contribution in [-0.2, 0) is 20.7 Å². The molecule has 6 nitrogen and oxygen atoms in total. The van der Waals surface area contributed by atoms with Gasteiger partial charge in [0, 0.05) is 24.0 Å². The Bertz CT molecular complexity index is 919. The molecule has 0 saturated carbocycles. The van der Waals surface area contributed by atoms with E-state index in [-0.39, 0.29) is 11.8 Å². The molecule has 1 aliphatic rings. The SMILES string of the molecule is CC(=O)Nc1sc(C)c(C)c1C(=O)O[C@H](C)C(=O)N1CCc2ccccc21. The highest BCUT2D eigenvalue weighted by molar-refractivity contribution is 7.16. The van der Waals surface area contributed by atoms with Crippen LogP contribution in [0.4, 0.5) is 10.7 Å². The molecule has 3 rings (SSSR count). The number of anilines is 2. The van der Waals surface area contributed by atoms with Crippen LogP contribution in [-0.4, -0.2) is 30.4 Å². The molecule has 0 spiro atoms. The highest BCUT2D eigenvalue weighted by Crippen LogP contribution is 2.33. The molecule has 27 heavy (non-hydrogen) atoms. The Balaban J connectivity index is 1.77. The number of carbonyl (C=O) groups is 3. The summed E-state index contributed by atoms with van der Waals surface area (Å²) >= 11 is 1.32. The Kier molecular flexibility index (Phi) is 5.32. The van der Waals surface area contributed by atoms with E-state index < -0.39 is 12.1 Å². The quantitative estimate of drug-likeness (QED) is 0.817. The van der Waals surface area contributed by atoms with Crippen molar-refractivity contribution in [2.24, 2.45) is 0 Å². The van der Waals surface area contributed by atoms with Gasteiger partial charge in [-0.05, 0) is 44.4 Å². The fourth-order valence-electron chi connectivity index (χ4n) is 3.18. The second-order valence-electron chi connectivity index (χ2n) is 6.58. The van der Waals surface area contributed by atoms with Crippen LogP contribution in [0.1, 0.15) is 40.2 Å². The summed E-state index contributed by atoms with van der Waals surface area (Å²) < 4.78 is 5.47. The smallest absolute Gasteiger partial charge is 0.342 e. The number of para-hydroxylation sites is 1. The maximum absolute atomic E-state index is 12.8. The van der Waals surface area contributed by atoms with E-state index in [1.54, 1.807) is 18.7 Å². The third-order valence-electron chi connectivity index (χ3n) is 4.66. The summed E-state index contributed by atoms with van der Waals surface area (Å²) in [6.45, 7) is 7.22. The van der Waals surface area contributed by atoms with Crippen molar-refractivity contribution in [3.8, 4) is 0 Å². The highest BCUT2D eigenvalue weighted by atomic mass is 32.1. The van der Waals surface area contributed by atoms with Gasteiger partial charge in [0.1, 0.15) is 5.00 Å². The number of amides is 2. The van der Waals surface area contributed by atoms with E-state index in [0.29, 0.717) is 17.1 Å². The van der Waals surface area contributed by atoms with Crippen molar-refractivity contribution >= 4 is 39.8 Å². The molecule has 0 aliphatic carbocycles. The van der Waals surface area contributed by atoms with Gasteiger partial charge in [-0.1, -0.05) is 18.2 Å². The number of hydrogen-bond donors (Lipinski definition) is 1. The minimum Gasteiger partial charge on any atom is -0.449 e. The lowest BCUT2D eigenvalue weighted by atomic mass is 10.1. The molecular formula is C20H22N2O4S. The number of thiophene rings is 1. The molecule has 0 fully saturated rings. The highest BCUT2D eigenvalue weighted by Gasteiger charge is 2.31. The largest absolute Gasteiger partial charge is 0.449 e. The van der Waals surface area contributed by atoms with E-state index in [0.717, 1.165) is 28.1 Å². The van der Waals surface area contributed by atoms with E-state index in [4.69, 9.17) is 4.74 Å². The van der Waals surface area contributed by atoms with Crippen LogP contribution in [0, 0.1) is 13.8 Å². The lowest BCUT2D eigenvalue weighted by molar-refractivity contribution is -0.126. The first-order valence-electron chi connectivity index (χ1n) is 8.77. The molecule has 1 N–H and O–H groups in total. The van der Waals surface area contributed by atoms with Gasteiger partial charge in [-0.2, -0.15) is 0 Å². The van der Waals surface area contributed by atoms with Crippen molar-refractivity contribution in [1.29, 1.82) is 0 Å². The molecule has 7 heteroatoms. The maximum atomic E-state index is 12.8. The second-order valence-corrected chi connectivity index (χ2v) is 7.81. The molecule has 2 aromatic rings. The Morgan fingerprint density at radius 3 is 2.63 bits per heavy atom. The van der Waals surface area contributed by atoms with Gasteiger partial charge in [0.05, 0.1) is 5.56 Å². The molecule has 0 unspecified atom stereocenters. The third kappa shape index (κ3) is 3.73. The lowest BCUT2D eigenvalue weighted by Crippen LogP contribution is -2.39. The van der Waals surface area contributed by atoms with E-state index in [1.807, 2.05) is 31.2 Å². The Morgan fingerprint density at radius 1 is 1.22 bits per heavy atom. The van der Waals surface area contributed by atoms with Crippen molar-refractivity contribution in [3.63, 3.8) is 0 Å². The number of rotatable bonds is 4. The van der Waals surface area contributed by atoms with Gasteiger partial charge in [0.2, 0.25) is 5.91 Å². The van der Waals surface area contributed by atoms with Crippen LogP contribution in [0.3, 0.4) is 0 Å². The van der Waals surface area contributed by atoms with Crippen molar-refractivity contribution < 1.29 is 19.1 Å². The Morgan fingerprint density at radius 2 is 1.93 bits per heavy atom. The van der Waals surface area contributed by atoms with Crippen LogP contribution >= 0.6 is 11.3 Å². The zero-order chi connectivity index (χ0) is 19.7.